The maximum Gasteiger partial charge on any atom is 0.268 e. The van der Waals surface area contributed by atoms with Crippen LogP contribution in [0.3, 0.4) is 0 Å². The average molecular weight is 368 g/mol. The molecule has 7 heteroatoms. The maximum absolute atomic E-state index is 5.33. The van der Waals surface area contributed by atoms with Gasteiger partial charge in [0.05, 0.1) is 10.6 Å². The highest BCUT2D eigenvalue weighted by Crippen LogP contribution is 2.26. The van der Waals surface area contributed by atoms with Crippen molar-refractivity contribution < 1.29 is 4.52 Å². The van der Waals surface area contributed by atoms with Gasteiger partial charge in [-0.15, -0.1) is 11.3 Å². The summed E-state index contributed by atoms with van der Waals surface area (Å²) >= 11 is 3.18. The van der Waals surface area contributed by atoms with E-state index in [0.29, 0.717) is 17.5 Å². The van der Waals surface area contributed by atoms with E-state index in [0.717, 1.165) is 15.7 Å². The van der Waals surface area contributed by atoms with Gasteiger partial charge in [-0.1, -0.05) is 29.1 Å². The molecule has 0 aliphatic rings. The molecule has 0 N–H and O–H groups in total. The summed E-state index contributed by atoms with van der Waals surface area (Å²) in [7, 11) is 0. The molecule has 25 heavy (non-hydrogen) atoms. The summed E-state index contributed by atoms with van der Waals surface area (Å²) in [6, 6.07) is 10.4. The summed E-state index contributed by atoms with van der Waals surface area (Å²) in [5.74, 6) is 1.85. The van der Waals surface area contributed by atoms with Crippen molar-refractivity contribution in [3.63, 3.8) is 0 Å². The van der Waals surface area contributed by atoms with Crippen LogP contribution in [0.25, 0.3) is 16.5 Å². The molecule has 0 aliphatic heterocycles. The molecule has 1 aromatic carbocycles. The Morgan fingerprint density at radius 3 is 2.92 bits per heavy atom. The number of rotatable bonds is 5. The predicted octanol–water partition coefficient (Wildman–Crippen LogP) is 4.89. The van der Waals surface area contributed by atoms with Crippen molar-refractivity contribution in [2.24, 2.45) is 0 Å². The fourth-order valence-electron chi connectivity index (χ4n) is 2.41. The molecule has 0 spiro atoms. The highest BCUT2D eigenvalue weighted by molar-refractivity contribution is 7.98. The lowest BCUT2D eigenvalue weighted by molar-refractivity contribution is 0.426. The van der Waals surface area contributed by atoms with E-state index in [1.165, 1.54) is 11.1 Å². The monoisotopic (exact) mass is 368 g/mol. The predicted molar refractivity (Wildman–Crippen MR) is 100 cm³/mol. The lowest BCUT2D eigenvalue weighted by Crippen LogP contribution is -1.97. The third kappa shape index (κ3) is 3.38. The van der Waals surface area contributed by atoms with Gasteiger partial charge in [-0.05, 0) is 48.6 Å². The van der Waals surface area contributed by atoms with E-state index in [9.17, 15) is 0 Å². The number of nitrogens with zero attached hydrogens (tertiary/aromatic N) is 4. The number of hydrogen-bond donors (Lipinski definition) is 0. The second-order valence-corrected chi connectivity index (χ2v) is 7.52. The van der Waals surface area contributed by atoms with E-state index in [2.05, 4.69) is 51.7 Å². The Balaban J connectivity index is 1.51. The van der Waals surface area contributed by atoms with Gasteiger partial charge in [-0.2, -0.15) is 4.98 Å². The summed E-state index contributed by atoms with van der Waals surface area (Å²) in [4.78, 5) is 9.90. The number of benzene rings is 1. The lowest BCUT2D eigenvalue weighted by atomic mass is 10.1. The molecule has 0 radical (unpaired) electrons. The Morgan fingerprint density at radius 2 is 2.12 bits per heavy atom. The fourth-order valence-corrected chi connectivity index (χ4v) is 3.87. The second-order valence-electron chi connectivity index (χ2n) is 5.63. The summed E-state index contributed by atoms with van der Waals surface area (Å²) in [6.45, 7) is 4.23. The van der Waals surface area contributed by atoms with Crippen molar-refractivity contribution in [3.8, 4) is 16.5 Å². The molecule has 0 bridgehead atoms. The number of aryl methyl sites for hydroxylation is 2. The highest BCUT2D eigenvalue weighted by atomic mass is 32.2. The average Bonchev–Trinajstić information content (AvgIpc) is 3.36. The third-order valence-corrected chi connectivity index (χ3v) is 5.73. The van der Waals surface area contributed by atoms with E-state index < -0.39 is 0 Å². The fraction of sp³-hybridized carbons (Fsp3) is 0.167. The Hall–Kier alpha value is -2.38. The molecule has 3 aromatic heterocycles. The first-order valence-electron chi connectivity index (χ1n) is 7.81. The van der Waals surface area contributed by atoms with Crippen LogP contribution in [0.2, 0.25) is 0 Å². The van der Waals surface area contributed by atoms with Crippen molar-refractivity contribution >= 4 is 23.1 Å². The quantitative estimate of drug-likeness (QED) is 0.469. The summed E-state index contributed by atoms with van der Waals surface area (Å²) in [5, 5.41) is 6.96. The molecule has 0 amide bonds. The smallest absolute Gasteiger partial charge is 0.268 e. The van der Waals surface area contributed by atoms with Crippen LogP contribution in [0, 0.1) is 13.8 Å². The number of thiophene rings is 1. The van der Waals surface area contributed by atoms with Crippen molar-refractivity contribution in [1.29, 1.82) is 0 Å². The first-order chi connectivity index (χ1) is 12.2. The Labute approximate surface area is 153 Å². The largest absolute Gasteiger partial charge is 0.333 e. The van der Waals surface area contributed by atoms with Gasteiger partial charge in [0.25, 0.3) is 5.89 Å². The molecule has 4 aromatic rings. The number of thioether (sulfide) groups is 1. The first kappa shape index (κ1) is 16.1. The normalized spacial score (nSPS) is 11.1. The van der Waals surface area contributed by atoms with Crippen LogP contribution in [0.5, 0.6) is 0 Å². The van der Waals surface area contributed by atoms with Crippen LogP contribution in [0.1, 0.15) is 17.0 Å². The van der Waals surface area contributed by atoms with Crippen molar-refractivity contribution in [1.82, 2.24) is 19.7 Å². The van der Waals surface area contributed by atoms with E-state index >= 15 is 0 Å². The number of hydrogen-bond acceptors (Lipinski definition) is 6. The molecule has 0 aliphatic carbocycles. The molecular formula is C18H16N4OS2. The van der Waals surface area contributed by atoms with Gasteiger partial charge in [0.15, 0.2) is 11.0 Å². The van der Waals surface area contributed by atoms with E-state index in [-0.39, 0.29) is 0 Å². The van der Waals surface area contributed by atoms with Crippen LogP contribution < -0.4 is 0 Å². The summed E-state index contributed by atoms with van der Waals surface area (Å²) in [6.07, 6.45) is 3.78. The zero-order valence-corrected chi connectivity index (χ0v) is 15.5. The molecule has 0 unspecified atom stereocenters. The van der Waals surface area contributed by atoms with Gasteiger partial charge in [0.1, 0.15) is 0 Å². The molecular weight excluding hydrogens is 352 g/mol. The van der Waals surface area contributed by atoms with Gasteiger partial charge >= 0.3 is 0 Å². The maximum atomic E-state index is 5.33. The summed E-state index contributed by atoms with van der Waals surface area (Å²) in [5.41, 5.74) is 3.65. The van der Waals surface area contributed by atoms with Gasteiger partial charge < -0.3 is 4.52 Å². The van der Waals surface area contributed by atoms with Gasteiger partial charge in [-0.25, -0.2) is 4.98 Å². The second kappa shape index (κ2) is 6.85. The lowest BCUT2D eigenvalue weighted by Gasteiger charge is -2.09. The van der Waals surface area contributed by atoms with Crippen LogP contribution in [0.15, 0.2) is 57.8 Å². The molecule has 0 saturated carbocycles. The molecule has 0 fully saturated rings. The number of aromatic nitrogens is 4. The minimum Gasteiger partial charge on any atom is -0.333 e. The van der Waals surface area contributed by atoms with Crippen molar-refractivity contribution in [2.45, 2.75) is 24.8 Å². The SMILES string of the molecule is Cc1ccc(-n2ccnc2SCc2noc(-c3cccs3)n2)cc1C. The minimum atomic E-state index is 0.572. The topological polar surface area (TPSA) is 56.7 Å². The Bertz CT molecular complexity index is 988. The third-order valence-electron chi connectivity index (χ3n) is 3.91. The van der Waals surface area contributed by atoms with Gasteiger partial charge in [0, 0.05) is 18.1 Å². The minimum absolute atomic E-state index is 0.572. The number of imidazole rings is 1. The van der Waals surface area contributed by atoms with Crippen LogP contribution in [-0.4, -0.2) is 19.7 Å². The molecule has 3 heterocycles. The zero-order valence-electron chi connectivity index (χ0n) is 13.8. The molecule has 0 saturated heterocycles. The van der Waals surface area contributed by atoms with E-state index in [1.807, 2.05) is 29.9 Å². The standard InChI is InChI=1S/C18H16N4OS2/c1-12-5-6-14(10-13(12)2)22-8-7-19-18(22)25-11-16-20-17(23-21-16)15-4-3-9-24-15/h3-10H,11H2,1-2H3. The van der Waals surface area contributed by atoms with Crippen LogP contribution in [-0.2, 0) is 5.75 Å². The molecule has 4 rings (SSSR count). The first-order valence-corrected chi connectivity index (χ1v) is 9.67. The van der Waals surface area contributed by atoms with Gasteiger partial charge in [0.2, 0.25) is 0 Å². The van der Waals surface area contributed by atoms with Crippen molar-refractivity contribution in [2.75, 3.05) is 0 Å². The van der Waals surface area contributed by atoms with Crippen molar-refractivity contribution in [3.05, 3.63) is 65.1 Å². The summed E-state index contributed by atoms with van der Waals surface area (Å²) < 4.78 is 7.41. The van der Waals surface area contributed by atoms with E-state index in [1.54, 1.807) is 23.1 Å². The Morgan fingerprint density at radius 1 is 1.20 bits per heavy atom. The van der Waals surface area contributed by atoms with Crippen LogP contribution in [0.4, 0.5) is 0 Å². The van der Waals surface area contributed by atoms with Crippen LogP contribution >= 0.6 is 23.1 Å². The van der Waals surface area contributed by atoms with Gasteiger partial charge in [-0.3, -0.25) is 4.57 Å². The molecule has 5 nitrogen and oxygen atoms in total. The highest BCUT2D eigenvalue weighted by Gasteiger charge is 2.12. The molecule has 126 valence electrons. The Kier molecular flexibility index (Phi) is 4.42. The molecule has 0 atom stereocenters. The van der Waals surface area contributed by atoms with E-state index in [4.69, 9.17) is 4.52 Å². The zero-order chi connectivity index (χ0) is 17.2.